The molecule has 0 aliphatic carbocycles. The van der Waals surface area contributed by atoms with Crippen molar-refractivity contribution in [1.82, 2.24) is 9.97 Å². The molecule has 0 atom stereocenters. The van der Waals surface area contributed by atoms with Crippen LogP contribution in [0.3, 0.4) is 0 Å². The number of nitrogens with zero attached hydrogens (tertiary/aromatic N) is 1. The van der Waals surface area contributed by atoms with E-state index in [0.717, 1.165) is 41.0 Å². The Labute approximate surface area is 133 Å². The predicted octanol–water partition coefficient (Wildman–Crippen LogP) is 4.22. The van der Waals surface area contributed by atoms with Crippen LogP contribution in [0.25, 0.3) is 11.0 Å². The molecule has 0 unspecified atom stereocenters. The van der Waals surface area contributed by atoms with Gasteiger partial charge >= 0.3 is 0 Å². The number of imidazole rings is 1. The summed E-state index contributed by atoms with van der Waals surface area (Å²) in [6, 6.07) is 9.45. The first-order valence-electron chi connectivity index (χ1n) is 7.38. The smallest absolute Gasteiger partial charge is 0.172 e. The van der Waals surface area contributed by atoms with E-state index in [9.17, 15) is 4.79 Å². The van der Waals surface area contributed by atoms with Crippen molar-refractivity contribution >= 4 is 28.6 Å². The van der Waals surface area contributed by atoms with Gasteiger partial charge in [0, 0.05) is 12.0 Å². The lowest BCUT2D eigenvalue weighted by Crippen LogP contribution is -2.02. The Balaban J connectivity index is 1.65. The van der Waals surface area contributed by atoms with Crippen molar-refractivity contribution in [1.29, 1.82) is 0 Å². The number of carbonyl (C=O) groups excluding carboxylic acids is 1. The number of furan rings is 1. The molecule has 2 aromatic heterocycles. The summed E-state index contributed by atoms with van der Waals surface area (Å²) in [4.78, 5) is 20.1. The summed E-state index contributed by atoms with van der Waals surface area (Å²) in [5.41, 5.74) is 2.58. The third-order valence-electron chi connectivity index (χ3n) is 3.40. The lowest BCUT2D eigenvalue weighted by atomic mass is 10.1. The van der Waals surface area contributed by atoms with Crippen LogP contribution in [0.15, 0.2) is 41.0 Å². The second-order valence-corrected chi connectivity index (χ2v) is 6.15. The highest BCUT2D eigenvalue weighted by Crippen LogP contribution is 2.18. The number of hydrogen-bond acceptors (Lipinski definition) is 4. The number of aromatic amines is 1. The molecular weight excluding hydrogens is 296 g/mol. The van der Waals surface area contributed by atoms with E-state index in [0.29, 0.717) is 11.5 Å². The van der Waals surface area contributed by atoms with Gasteiger partial charge in [-0.05, 0) is 36.8 Å². The Bertz CT molecular complexity index is 762. The van der Waals surface area contributed by atoms with Gasteiger partial charge in [0.1, 0.15) is 11.6 Å². The monoisotopic (exact) mass is 314 g/mol. The van der Waals surface area contributed by atoms with Gasteiger partial charge in [0.25, 0.3) is 0 Å². The van der Waals surface area contributed by atoms with Gasteiger partial charge in [0.15, 0.2) is 5.78 Å². The first kappa shape index (κ1) is 14.9. The molecule has 0 saturated heterocycles. The first-order chi connectivity index (χ1) is 10.8. The Hall–Kier alpha value is -2.01. The van der Waals surface area contributed by atoms with Crippen LogP contribution in [0.2, 0.25) is 0 Å². The van der Waals surface area contributed by atoms with E-state index in [-0.39, 0.29) is 5.78 Å². The topological polar surface area (TPSA) is 58.9 Å². The van der Waals surface area contributed by atoms with Crippen LogP contribution in [0.5, 0.6) is 0 Å². The van der Waals surface area contributed by atoms with E-state index in [1.165, 1.54) is 0 Å². The van der Waals surface area contributed by atoms with E-state index in [4.69, 9.17) is 4.42 Å². The Morgan fingerprint density at radius 2 is 2.27 bits per heavy atom. The summed E-state index contributed by atoms with van der Waals surface area (Å²) in [5.74, 6) is 3.17. The third-order valence-corrected chi connectivity index (χ3v) is 4.35. The van der Waals surface area contributed by atoms with E-state index < -0.39 is 0 Å². The molecule has 3 aromatic rings. The standard InChI is InChI=1S/C17H18N2O2S/c1-2-4-17-18-14-7-6-12(9-15(14)19-17)16(20)11-22-10-13-5-3-8-21-13/h3,5-9H,2,4,10-11H2,1H3,(H,18,19). The van der Waals surface area contributed by atoms with Gasteiger partial charge in [-0.2, -0.15) is 0 Å². The third kappa shape index (κ3) is 3.42. The molecule has 2 heterocycles. The molecule has 1 N–H and O–H groups in total. The summed E-state index contributed by atoms with van der Waals surface area (Å²) in [7, 11) is 0. The lowest BCUT2D eigenvalue weighted by molar-refractivity contribution is 0.102. The average Bonchev–Trinajstić information content (AvgIpc) is 3.15. The van der Waals surface area contributed by atoms with E-state index >= 15 is 0 Å². The molecule has 0 bridgehead atoms. The predicted molar refractivity (Wildman–Crippen MR) is 89.3 cm³/mol. The molecule has 5 heteroatoms. The van der Waals surface area contributed by atoms with Gasteiger partial charge in [-0.15, -0.1) is 11.8 Å². The minimum absolute atomic E-state index is 0.130. The van der Waals surface area contributed by atoms with Gasteiger partial charge in [0.2, 0.25) is 0 Å². The van der Waals surface area contributed by atoms with Crippen LogP contribution in [-0.2, 0) is 12.2 Å². The molecule has 3 rings (SSSR count). The molecule has 22 heavy (non-hydrogen) atoms. The van der Waals surface area contributed by atoms with Crippen LogP contribution in [-0.4, -0.2) is 21.5 Å². The van der Waals surface area contributed by atoms with Crippen molar-refractivity contribution in [3.8, 4) is 0 Å². The Morgan fingerprint density at radius 1 is 1.36 bits per heavy atom. The molecule has 0 fully saturated rings. The van der Waals surface area contributed by atoms with Crippen molar-refractivity contribution in [2.24, 2.45) is 0 Å². The number of rotatable bonds is 7. The van der Waals surface area contributed by atoms with Crippen LogP contribution in [0, 0.1) is 0 Å². The van der Waals surface area contributed by atoms with Crippen molar-refractivity contribution in [3.05, 3.63) is 53.7 Å². The molecule has 0 spiro atoms. The number of Topliss-reactive ketones (excluding diaryl/α,β-unsaturated/α-hetero) is 1. The molecule has 4 nitrogen and oxygen atoms in total. The largest absolute Gasteiger partial charge is 0.468 e. The number of thioether (sulfide) groups is 1. The zero-order valence-corrected chi connectivity index (χ0v) is 13.3. The highest BCUT2D eigenvalue weighted by Gasteiger charge is 2.09. The van der Waals surface area contributed by atoms with Crippen LogP contribution in [0.4, 0.5) is 0 Å². The van der Waals surface area contributed by atoms with Gasteiger partial charge in [0.05, 0.1) is 28.8 Å². The SMILES string of the molecule is CCCc1nc2ccc(C(=O)CSCc3ccco3)cc2[nH]1. The fraction of sp³-hybridized carbons (Fsp3) is 0.294. The van der Waals surface area contributed by atoms with E-state index in [1.54, 1.807) is 18.0 Å². The minimum Gasteiger partial charge on any atom is -0.468 e. The van der Waals surface area contributed by atoms with Crippen LogP contribution < -0.4 is 0 Å². The second-order valence-electron chi connectivity index (χ2n) is 5.16. The Morgan fingerprint density at radius 3 is 3.05 bits per heavy atom. The molecule has 114 valence electrons. The fourth-order valence-electron chi connectivity index (χ4n) is 2.31. The van der Waals surface area contributed by atoms with E-state index in [1.807, 2.05) is 30.3 Å². The summed E-state index contributed by atoms with van der Waals surface area (Å²) >= 11 is 1.56. The number of fused-ring (bicyclic) bond motifs is 1. The number of aryl methyl sites for hydroxylation is 1. The number of carbonyl (C=O) groups is 1. The normalized spacial score (nSPS) is 11.1. The second kappa shape index (κ2) is 6.83. The highest BCUT2D eigenvalue weighted by atomic mass is 32.2. The maximum absolute atomic E-state index is 12.3. The summed E-state index contributed by atoms with van der Waals surface area (Å²) in [6.45, 7) is 2.12. The zero-order valence-electron chi connectivity index (χ0n) is 12.5. The number of hydrogen-bond donors (Lipinski definition) is 1. The molecule has 0 aliphatic heterocycles. The minimum atomic E-state index is 0.130. The van der Waals surface area contributed by atoms with Gasteiger partial charge in [-0.3, -0.25) is 4.79 Å². The van der Waals surface area contributed by atoms with Gasteiger partial charge in [-0.25, -0.2) is 4.98 Å². The zero-order chi connectivity index (χ0) is 15.4. The lowest BCUT2D eigenvalue weighted by Gasteiger charge is -2.00. The molecule has 0 radical (unpaired) electrons. The first-order valence-corrected chi connectivity index (χ1v) is 8.53. The number of benzene rings is 1. The maximum Gasteiger partial charge on any atom is 0.172 e. The maximum atomic E-state index is 12.3. The summed E-state index contributed by atoms with van der Waals surface area (Å²) < 4.78 is 5.26. The summed E-state index contributed by atoms with van der Waals surface area (Å²) in [5, 5.41) is 0. The number of H-pyrrole nitrogens is 1. The van der Waals surface area contributed by atoms with Crippen LogP contribution in [0.1, 0.15) is 35.3 Å². The molecule has 0 aliphatic rings. The van der Waals surface area contributed by atoms with Crippen molar-refractivity contribution in [2.75, 3.05) is 5.75 Å². The fourth-order valence-corrected chi connectivity index (χ4v) is 3.13. The quantitative estimate of drug-likeness (QED) is 0.663. The summed E-state index contributed by atoms with van der Waals surface area (Å²) in [6.07, 6.45) is 3.63. The van der Waals surface area contributed by atoms with Crippen molar-refractivity contribution in [3.63, 3.8) is 0 Å². The molecule has 1 aromatic carbocycles. The Kier molecular flexibility index (Phi) is 4.63. The molecule has 0 saturated carbocycles. The number of aromatic nitrogens is 2. The number of nitrogens with one attached hydrogen (secondary N) is 1. The molecular formula is C17H18N2O2S. The number of ketones is 1. The van der Waals surface area contributed by atoms with Crippen LogP contribution >= 0.6 is 11.8 Å². The van der Waals surface area contributed by atoms with E-state index in [2.05, 4.69) is 16.9 Å². The van der Waals surface area contributed by atoms with Gasteiger partial charge < -0.3 is 9.40 Å². The highest BCUT2D eigenvalue weighted by molar-refractivity contribution is 7.99. The molecule has 0 amide bonds. The average molecular weight is 314 g/mol. The van der Waals surface area contributed by atoms with Gasteiger partial charge in [-0.1, -0.05) is 6.92 Å². The van der Waals surface area contributed by atoms with Crippen molar-refractivity contribution in [2.45, 2.75) is 25.5 Å². The van der Waals surface area contributed by atoms with Crippen molar-refractivity contribution < 1.29 is 9.21 Å².